The number of ether oxygens (including phenoxy) is 2. The lowest BCUT2D eigenvalue weighted by molar-refractivity contribution is 0.201. The summed E-state index contributed by atoms with van der Waals surface area (Å²) < 4.78 is 10.1. The molecule has 0 heterocycles. The maximum atomic E-state index is 8.53. The summed E-state index contributed by atoms with van der Waals surface area (Å²) in [6.45, 7) is 0.217. The average molecular weight is 203 g/mol. The van der Waals surface area contributed by atoms with Crippen molar-refractivity contribution in [3.63, 3.8) is 0 Å². The average Bonchev–Trinajstić information content (AvgIpc) is 2.16. The standard InChI is InChI=1S/C9H11ClO3/c1-12-7-2-3-9(8(10)6-7)13-5-4-11/h2-3,6,11H,4-5H2,1H3. The van der Waals surface area contributed by atoms with Gasteiger partial charge in [0.2, 0.25) is 0 Å². The fraction of sp³-hybridized carbons (Fsp3) is 0.333. The molecule has 0 aliphatic carbocycles. The molecule has 72 valence electrons. The van der Waals surface area contributed by atoms with Crippen molar-refractivity contribution < 1.29 is 14.6 Å². The molecule has 1 aromatic carbocycles. The summed E-state index contributed by atoms with van der Waals surface area (Å²) in [5.74, 6) is 1.23. The van der Waals surface area contributed by atoms with E-state index in [4.69, 9.17) is 26.2 Å². The molecule has 0 aliphatic heterocycles. The Labute approximate surface area is 81.9 Å². The van der Waals surface area contributed by atoms with Gasteiger partial charge in [0.25, 0.3) is 0 Å². The van der Waals surface area contributed by atoms with Crippen LogP contribution in [0.25, 0.3) is 0 Å². The molecular formula is C9H11ClO3. The first-order valence-electron chi connectivity index (χ1n) is 3.85. The van der Waals surface area contributed by atoms with Gasteiger partial charge in [0.15, 0.2) is 0 Å². The van der Waals surface area contributed by atoms with Crippen molar-refractivity contribution in [2.45, 2.75) is 0 Å². The van der Waals surface area contributed by atoms with Crippen molar-refractivity contribution in [2.24, 2.45) is 0 Å². The van der Waals surface area contributed by atoms with Gasteiger partial charge in [-0.3, -0.25) is 0 Å². The second kappa shape index (κ2) is 4.94. The number of rotatable bonds is 4. The monoisotopic (exact) mass is 202 g/mol. The SMILES string of the molecule is COc1ccc(OCCO)c(Cl)c1. The summed E-state index contributed by atoms with van der Waals surface area (Å²) in [6.07, 6.45) is 0. The number of hydrogen-bond donors (Lipinski definition) is 1. The molecule has 0 amide bonds. The smallest absolute Gasteiger partial charge is 0.138 e. The first-order chi connectivity index (χ1) is 6.27. The van der Waals surface area contributed by atoms with E-state index in [1.807, 2.05) is 0 Å². The molecule has 1 aromatic rings. The van der Waals surface area contributed by atoms with E-state index in [-0.39, 0.29) is 13.2 Å². The summed E-state index contributed by atoms with van der Waals surface area (Å²) in [4.78, 5) is 0. The van der Waals surface area contributed by atoms with Crippen LogP contribution >= 0.6 is 11.6 Å². The van der Waals surface area contributed by atoms with Gasteiger partial charge in [0, 0.05) is 6.07 Å². The van der Waals surface area contributed by atoms with E-state index in [2.05, 4.69) is 0 Å². The number of methoxy groups -OCH3 is 1. The molecule has 0 bridgehead atoms. The van der Waals surface area contributed by atoms with Gasteiger partial charge in [-0.2, -0.15) is 0 Å². The third-order valence-electron chi connectivity index (χ3n) is 1.49. The summed E-state index contributed by atoms with van der Waals surface area (Å²) >= 11 is 5.86. The van der Waals surface area contributed by atoms with Crippen LogP contribution in [0.1, 0.15) is 0 Å². The van der Waals surface area contributed by atoms with Crippen molar-refractivity contribution in [1.29, 1.82) is 0 Å². The second-order valence-electron chi connectivity index (χ2n) is 2.37. The molecule has 0 fully saturated rings. The van der Waals surface area contributed by atoms with Crippen molar-refractivity contribution >= 4 is 11.6 Å². The number of aliphatic hydroxyl groups excluding tert-OH is 1. The maximum absolute atomic E-state index is 8.53. The summed E-state index contributed by atoms with van der Waals surface area (Å²) in [7, 11) is 1.57. The predicted octanol–water partition coefficient (Wildman–Crippen LogP) is 1.72. The van der Waals surface area contributed by atoms with Gasteiger partial charge >= 0.3 is 0 Å². The number of benzene rings is 1. The minimum absolute atomic E-state index is 0.0254. The fourth-order valence-electron chi connectivity index (χ4n) is 0.881. The van der Waals surface area contributed by atoms with E-state index in [0.717, 1.165) is 0 Å². The maximum Gasteiger partial charge on any atom is 0.138 e. The molecule has 0 saturated carbocycles. The van der Waals surface area contributed by atoms with E-state index in [9.17, 15) is 0 Å². The van der Waals surface area contributed by atoms with Gasteiger partial charge in [0.05, 0.1) is 18.7 Å². The lowest BCUT2D eigenvalue weighted by Crippen LogP contribution is -2.01. The van der Waals surface area contributed by atoms with Crippen LogP contribution in [0, 0.1) is 0 Å². The molecule has 1 N–H and O–H groups in total. The van der Waals surface area contributed by atoms with Gasteiger partial charge in [0.1, 0.15) is 18.1 Å². The van der Waals surface area contributed by atoms with Crippen LogP contribution in [0.4, 0.5) is 0 Å². The van der Waals surface area contributed by atoms with E-state index in [1.165, 1.54) is 0 Å². The molecule has 4 heteroatoms. The Balaban J connectivity index is 2.73. The highest BCUT2D eigenvalue weighted by Gasteiger charge is 2.02. The second-order valence-corrected chi connectivity index (χ2v) is 2.78. The largest absolute Gasteiger partial charge is 0.497 e. The van der Waals surface area contributed by atoms with Crippen molar-refractivity contribution in [1.82, 2.24) is 0 Å². The number of hydrogen-bond acceptors (Lipinski definition) is 3. The van der Waals surface area contributed by atoms with E-state index in [1.54, 1.807) is 25.3 Å². The molecule has 0 aliphatic rings. The van der Waals surface area contributed by atoms with Crippen LogP contribution < -0.4 is 9.47 Å². The zero-order chi connectivity index (χ0) is 9.68. The number of aliphatic hydroxyl groups is 1. The van der Waals surface area contributed by atoms with Crippen molar-refractivity contribution in [3.05, 3.63) is 23.2 Å². The topological polar surface area (TPSA) is 38.7 Å². The van der Waals surface area contributed by atoms with Gasteiger partial charge in [-0.05, 0) is 12.1 Å². The van der Waals surface area contributed by atoms with E-state index >= 15 is 0 Å². The fourth-order valence-corrected chi connectivity index (χ4v) is 1.11. The van der Waals surface area contributed by atoms with Gasteiger partial charge < -0.3 is 14.6 Å². The molecule has 13 heavy (non-hydrogen) atoms. The van der Waals surface area contributed by atoms with Crippen LogP contribution in [0.5, 0.6) is 11.5 Å². The Morgan fingerprint density at radius 1 is 1.46 bits per heavy atom. The Kier molecular flexibility index (Phi) is 3.86. The van der Waals surface area contributed by atoms with Crippen molar-refractivity contribution in [2.75, 3.05) is 20.3 Å². The van der Waals surface area contributed by atoms with Gasteiger partial charge in [-0.1, -0.05) is 11.6 Å². The molecule has 3 nitrogen and oxygen atoms in total. The molecule has 0 spiro atoms. The highest BCUT2D eigenvalue weighted by atomic mass is 35.5. The van der Waals surface area contributed by atoms with Crippen molar-refractivity contribution in [3.8, 4) is 11.5 Å². The lowest BCUT2D eigenvalue weighted by Gasteiger charge is -2.07. The summed E-state index contributed by atoms with van der Waals surface area (Å²) in [5, 5.41) is 9.01. The van der Waals surface area contributed by atoms with Crippen LogP contribution in [-0.4, -0.2) is 25.4 Å². The summed E-state index contributed by atoms with van der Waals surface area (Å²) in [6, 6.07) is 5.11. The van der Waals surface area contributed by atoms with E-state index < -0.39 is 0 Å². The Morgan fingerprint density at radius 2 is 2.23 bits per heavy atom. The Hall–Kier alpha value is -0.930. The van der Waals surface area contributed by atoms with Crippen LogP contribution in [0.15, 0.2) is 18.2 Å². The zero-order valence-corrected chi connectivity index (χ0v) is 8.04. The normalized spacial score (nSPS) is 9.77. The van der Waals surface area contributed by atoms with E-state index in [0.29, 0.717) is 16.5 Å². The first-order valence-corrected chi connectivity index (χ1v) is 4.23. The molecule has 0 radical (unpaired) electrons. The molecular weight excluding hydrogens is 192 g/mol. The van der Waals surface area contributed by atoms with Gasteiger partial charge in [-0.15, -0.1) is 0 Å². The van der Waals surface area contributed by atoms with Crippen LogP contribution in [0.2, 0.25) is 5.02 Å². The van der Waals surface area contributed by atoms with Gasteiger partial charge in [-0.25, -0.2) is 0 Å². The molecule has 1 rings (SSSR count). The zero-order valence-electron chi connectivity index (χ0n) is 7.29. The quantitative estimate of drug-likeness (QED) is 0.808. The number of halogens is 1. The predicted molar refractivity (Wildman–Crippen MR) is 50.6 cm³/mol. The third kappa shape index (κ3) is 2.79. The Bertz CT molecular complexity index is 276. The highest BCUT2D eigenvalue weighted by molar-refractivity contribution is 6.32. The molecule has 0 saturated heterocycles. The first kappa shape index (κ1) is 10.2. The molecule has 0 aromatic heterocycles. The van der Waals surface area contributed by atoms with Crippen LogP contribution in [-0.2, 0) is 0 Å². The third-order valence-corrected chi connectivity index (χ3v) is 1.78. The lowest BCUT2D eigenvalue weighted by atomic mass is 10.3. The molecule has 0 atom stereocenters. The minimum Gasteiger partial charge on any atom is -0.497 e. The Morgan fingerprint density at radius 3 is 2.77 bits per heavy atom. The summed E-state index contributed by atoms with van der Waals surface area (Å²) in [5.41, 5.74) is 0. The molecule has 0 unspecified atom stereocenters. The minimum atomic E-state index is -0.0254. The highest BCUT2D eigenvalue weighted by Crippen LogP contribution is 2.28. The van der Waals surface area contributed by atoms with Crippen LogP contribution in [0.3, 0.4) is 0 Å².